The number of ether oxygens (including phenoxy) is 4. The van der Waals surface area contributed by atoms with Crippen LogP contribution in [-0.4, -0.2) is 60.9 Å². The zero-order chi connectivity index (χ0) is 36.0. The molecule has 0 radical (unpaired) electrons. The lowest BCUT2D eigenvalue weighted by atomic mass is 9.86. The van der Waals surface area contributed by atoms with Crippen molar-refractivity contribution in [1.82, 2.24) is 9.88 Å². The van der Waals surface area contributed by atoms with Gasteiger partial charge >= 0.3 is 12.1 Å². The number of H-pyrrole nitrogens is 1. The molecule has 272 valence electrons. The van der Waals surface area contributed by atoms with Crippen molar-refractivity contribution in [3.8, 4) is 11.5 Å². The van der Waals surface area contributed by atoms with E-state index in [0.717, 1.165) is 63.7 Å². The molecule has 0 unspecified atom stereocenters. The highest BCUT2D eigenvalue weighted by molar-refractivity contribution is 6.35. The van der Waals surface area contributed by atoms with Crippen LogP contribution in [0.4, 0.5) is 10.5 Å². The van der Waals surface area contributed by atoms with Crippen LogP contribution in [0.5, 0.6) is 11.5 Å². The number of nitrogens with zero attached hydrogens (tertiary/aromatic N) is 3. The Labute approximate surface area is 313 Å². The van der Waals surface area contributed by atoms with Crippen molar-refractivity contribution in [2.45, 2.75) is 69.8 Å². The third-order valence-corrected chi connectivity index (χ3v) is 11.0. The first-order valence-corrected chi connectivity index (χ1v) is 18.7. The van der Waals surface area contributed by atoms with E-state index < -0.39 is 18.2 Å². The number of carbonyl (C=O) groups is 2. The molecule has 1 amide bonds. The highest BCUT2D eigenvalue weighted by atomic mass is 35.5. The molecule has 2 bridgehead atoms. The largest absolute Gasteiger partial charge is 0.493 e. The van der Waals surface area contributed by atoms with Crippen LogP contribution in [0.15, 0.2) is 79.4 Å². The van der Waals surface area contributed by atoms with Crippen molar-refractivity contribution >= 4 is 41.0 Å². The van der Waals surface area contributed by atoms with Gasteiger partial charge in [-0.2, -0.15) is 0 Å². The molecule has 1 aliphatic carbocycles. The van der Waals surface area contributed by atoms with Gasteiger partial charge in [-0.15, -0.1) is 0 Å². The Bertz CT molecular complexity index is 1830. The number of pyridine rings is 2. The van der Waals surface area contributed by atoms with Crippen LogP contribution < -0.4 is 19.4 Å². The lowest BCUT2D eigenvalue weighted by Gasteiger charge is -2.44. The van der Waals surface area contributed by atoms with Crippen LogP contribution in [0.2, 0.25) is 10.0 Å². The van der Waals surface area contributed by atoms with Crippen LogP contribution >= 0.6 is 23.2 Å². The SMILES string of the molecule is COc1ccc([C@H](Cc2c(Cl)c[nH+]cc2Cl)OC(=O)c2ccc(CN(C(=O)O[C@H]3CN4CCC3CC4)c3cccnc3)cc2)cc1OC1CCCC1. The summed E-state index contributed by atoms with van der Waals surface area (Å²) in [5.41, 5.74) is 3.15. The minimum atomic E-state index is -0.747. The second-order valence-electron chi connectivity index (χ2n) is 13.7. The molecule has 12 heteroatoms. The number of aromatic nitrogens is 2. The number of methoxy groups -OCH3 is 1. The average Bonchev–Trinajstić information content (AvgIpc) is 3.69. The molecule has 0 spiro atoms. The Balaban J connectivity index is 1.09. The fraction of sp³-hybridized carbons (Fsp3) is 0.400. The van der Waals surface area contributed by atoms with Gasteiger partial charge in [-0.3, -0.25) is 14.8 Å². The van der Waals surface area contributed by atoms with Crippen LogP contribution in [0, 0.1) is 5.92 Å². The number of carbonyl (C=O) groups excluding carboxylic acids is 2. The molecule has 3 saturated heterocycles. The Hall–Kier alpha value is -4.38. The summed E-state index contributed by atoms with van der Waals surface area (Å²) in [5, 5.41) is 0.859. The zero-order valence-corrected chi connectivity index (χ0v) is 30.7. The van der Waals surface area contributed by atoms with E-state index in [2.05, 4.69) is 14.9 Å². The van der Waals surface area contributed by atoms with Crippen molar-refractivity contribution in [2.75, 3.05) is 31.6 Å². The average molecular weight is 747 g/mol. The van der Waals surface area contributed by atoms with E-state index in [4.69, 9.17) is 42.1 Å². The van der Waals surface area contributed by atoms with Gasteiger partial charge in [0.1, 0.15) is 22.3 Å². The molecule has 10 nitrogen and oxygen atoms in total. The summed E-state index contributed by atoms with van der Waals surface area (Å²) in [6.45, 7) is 3.12. The van der Waals surface area contributed by atoms with Crippen molar-refractivity contribution in [3.05, 3.63) is 112 Å². The number of rotatable bonds is 12. The number of aromatic amines is 1. The molecular weight excluding hydrogens is 703 g/mol. The lowest BCUT2D eigenvalue weighted by Crippen LogP contribution is -2.53. The number of amides is 1. The van der Waals surface area contributed by atoms with E-state index in [1.54, 1.807) is 55.0 Å². The van der Waals surface area contributed by atoms with E-state index in [9.17, 15) is 9.59 Å². The second kappa shape index (κ2) is 16.5. The number of nitrogens with one attached hydrogen (secondary N) is 1. The van der Waals surface area contributed by atoms with Gasteiger partial charge in [0.25, 0.3) is 0 Å². The molecule has 3 aliphatic heterocycles. The molecule has 4 aliphatic rings. The molecule has 2 aromatic carbocycles. The van der Waals surface area contributed by atoms with Gasteiger partial charge in [-0.25, -0.2) is 14.6 Å². The molecule has 5 heterocycles. The van der Waals surface area contributed by atoms with Gasteiger partial charge in [-0.1, -0.05) is 41.4 Å². The smallest absolute Gasteiger partial charge is 0.414 e. The van der Waals surface area contributed by atoms with Crippen LogP contribution in [0.1, 0.15) is 71.7 Å². The maximum atomic E-state index is 13.8. The van der Waals surface area contributed by atoms with E-state index >= 15 is 0 Å². The monoisotopic (exact) mass is 745 g/mol. The summed E-state index contributed by atoms with van der Waals surface area (Å²) in [7, 11) is 1.61. The minimum Gasteiger partial charge on any atom is -0.493 e. The van der Waals surface area contributed by atoms with Gasteiger partial charge in [0.15, 0.2) is 23.9 Å². The van der Waals surface area contributed by atoms with Crippen LogP contribution in [0.3, 0.4) is 0 Å². The number of piperidine rings is 3. The van der Waals surface area contributed by atoms with Crippen molar-refractivity contribution in [3.63, 3.8) is 0 Å². The predicted octanol–water partition coefficient (Wildman–Crippen LogP) is 7.91. The Morgan fingerprint density at radius 2 is 1.73 bits per heavy atom. The Morgan fingerprint density at radius 3 is 2.38 bits per heavy atom. The van der Waals surface area contributed by atoms with E-state index in [0.29, 0.717) is 49.8 Å². The molecule has 1 saturated carbocycles. The molecule has 2 atom stereocenters. The lowest BCUT2D eigenvalue weighted by molar-refractivity contribution is -0.377. The predicted molar refractivity (Wildman–Crippen MR) is 197 cm³/mol. The normalized spacial score (nSPS) is 20.2. The van der Waals surface area contributed by atoms with Gasteiger partial charge in [0.05, 0.1) is 37.2 Å². The fourth-order valence-corrected chi connectivity index (χ4v) is 7.93. The number of hydrogen-bond acceptors (Lipinski definition) is 8. The third-order valence-electron chi connectivity index (χ3n) is 10.3. The summed E-state index contributed by atoms with van der Waals surface area (Å²) < 4.78 is 24.3. The van der Waals surface area contributed by atoms with Gasteiger partial charge in [0.2, 0.25) is 0 Å². The zero-order valence-electron chi connectivity index (χ0n) is 29.1. The molecular formula is C40H43Cl2N4O6+. The number of anilines is 1. The van der Waals surface area contributed by atoms with Gasteiger partial charge < -0.3 is 18.9 Å². The van der Waals surface area contributed by atoms with E-state index in [1.807, 2.05) is 36.4 Å². The molecule has 52 heavy (non-hydrogen) atoms. The fourth-order valence-electron chi connectivity index (χ4n) is 7.39. The quantitative estimate of drug-likeness (QED) is 0.135. The third kappa shape index (κ3) is 8.46. The first-order chi connectivity index (χ1) is 25.3. The Morgan fingerprint density at radius 1 is 0.981 bits per heavy atom. The first-order valence-electron chi connectivity index (χ1n) is 17.9. The number of halogens is 2. The second-order valence-corrected chi connectivity index (χ2v) is 14.5. The summed E-state index contributed by atoms with van der Waals surface area (Å²) in [5.74, 6) is 1.07. The number of benzene rings is 2. The highest BCUT2D eigenvalue weighted by Crippen LogP contribution is 2.37. The Kier molecular flexibility index (Phi) is 11.4. The van der Waals surface area contributed by atoms with Gasteiger partial charge in [0, 0.05) is 24.7 Å². The van der Waals surface area contributed by atoms with E-state index in [1.165, 1.54) is 0 Å². The molecule has 8 rings (SSSR count). The maximum absolute atomic E-state index is 13.8. The highest BCUT2D eigenvalue weighted by Gasteiger charge is 2.37. The molecule has 4 aromatic rings. The summed E-state index contributed by atoms with van der Waals surface area (Å²) in [4.78, 5) is 38.5. The van der Waals surface area contributed by atoms with Crippen molar-refractivity contribution in [2.24, 2.45) is 5.92 Å². The molecule has 2 aromatic heterocycles. The summed E-state index contributed by atoms with van der Waals surface area (Å²) in [6.07, 6.45) is 11.9. The molecule has 1 N–H and O–H groups in total. The number of esters is 1. The first kappa shape index (κ1) is 36.0. The van der Waals surface area contributed by atoms with Crippen molar-refractivity contribution in [1.29, 1.82) is 0 Å². The number of fused-ring (bicyclic) bond motifs is 3. The molecule has 4 fully saturated rings. The van der Waals surface area contributed by atoms with Gasteiger partial charge in [-0.05, 0) is 105 Å². The summed E-state index contributed by atoms with van der Waals surface area (Å²) in [6, 6.07) is 16.2. The maximum Gasteiger partial charge on any atom is 0.414 e. The van der Waals surface area contributed by atoms with Crippen molar-refractivity contribution < 1.29 is 33.5 Å². The van der Waals surface area contributed by atoms with E-state index in [-0.39, 0.29) is 25.2 Å². The van der Waals surface area contributed by atoms with Crippen LogP contribution in [-0.2, 0) is 22.4 Å². The number of hydrogen-bond donors (Lipinski definition) is 0. The summed E-state index contributed by atoms with van der Waals surface area (Å²) >= 11 is 13.1. The minimum absolute atomic E-state index is 0.105. The van der Waals surface area contributed by atoms with Crippen LogP contribution in [0.25, 0.3) is 0 Å². The topological polar surface area (TPSA) is 105 Å². The standard InChI is InChI=1S/C40H42Cl2N4O6/c1-49-35-13-12-29(19-37(35)50-31-6-2-3-7-31)36(20-32-33(41)22-44-23-34(32)42)51-39(47)28-10-8-26(9-11-28)24-46(30-5-4-16-43-21-30)40(48)52-38-25-45-17-14-27(38)15-18-45/h4-5,8-13,16,19,21-23,27,31,36,38H,2-3,6-7,14-15,17-18,20,24-25H2,1H3/p+1/t36-,38-/m0/s1.